The average Bonchev–Trinajstić information content (AvgIpc) is 3.20. The van der Waals surface area contributed by atoms with E-state index in [4.69, 9.17) is 9.26 Å². The summed E-state index contributed by atoms with van der Waals surface area (Å²) >= 11 is 0. The van der Waals surface area contributed by atoms with Crippen molar-refractivity contribution in [2.24, 2.45) is 13.0 Å². The van der Waals surface area contributed by atoms with E-state index in [-0.39, 0.29) is 18.0 Å². The van der Waals surface area contributed by atoms with Crippen LogP contribution < -0.4 is 10.6 Å². The predicted molar refractivity (Wildman–Crippen MR) is 86.1 cm³/mol. The molecule has 1 aliphatic rings. The maximum absolute atomic E-state index is 12.3. The number of ether oxygens (including phenoxy) is 1. The minimum absolute atomic E-state index is 0.223. The summed E-state index contributed by atoms with van der Waals surface area (Å²) in [6.45, 7) is 3.60. The predicted octanol–water partition coefficient (Wildman–Crippen LogP) is 1.68. The van der Waals surface area contributed by atoms with E-state index in [1.165, 1.54) is 0 Å². The van der Waals surface area contributed by atoms with E-state index in [9.17, 15) is 4.79 Å². The molecule has 3 rings (SSSR count). The molecule has 1 saturated heterocycles. The number of carbonyl (C=O) groups is 1. The Kier molecular flexibility index (Phi) is 5.14. The Bertz CT molecular complexity index is 675. The molecule has 1 fully saturated rings. The van der Waals surface area contributed by atoms with Crippen LogP contribution in [0.4, 0.5) is 4.79 Å². The van der Waals surface area contributed by atoms with Crippen LogP contribution in [0.3, 0.4) is 0 Å². The Hall–Kier alpha value is -2.35. The molecule has 130 valence electrons. The van der Waals surface area contributed by atoms with E-state index in [1.54, 1.807) is 6.92 Å². The molecule has 3 heterocycles. The van der Waals surface area contributed by atoms with Crippen LogP contribution in [0, 0.1) is 12.8 Å². The van der Waals surface area contributed by atoms with Crippen LogP contribution in [0.15, 0.2) is 23.0 Å². The Morgan fingerprint density at radius 2 is 2.25 bits per heavy atom. The van der Waals surface area contributed by atoms with Gasteiger partial charge in [0.05, 0.1) is 0 Å². The Balaban J connectivity index is 1.63. The number of nitrogens with one attached hydrogen (secondary N) is 2. The summed E-state index contributed by atoms with van der Waals surface area (Å²) in [6.07, 6.45) is 5.62. The van der Waals surface area contributed by atoms with Gasteiger partial charge in [0.25, 0.3) is 0 Å². The van der Waals surface area contributed by atoms with Crippen molar-refractivity contribution in [2.75, 3.05) is 13.2 Å². The topological polar surface area (TPSA) is 94.2 Å². The van der Waals surface area contributed by atoms with Crippen molar-refractivity contribution in [1.82, 2.24) is 25.3 Å². The molecule has 1 aliphatic heterocycles. The molecule has 0 aromatic carbocycles. The highest BCUT2D eigenvalue weighted by atomic mass is 16.5. The minimum Gasteiger partial charge on any atom is -0.381 e. The second-order valence-corrected chi connectivity index (χ2v) is 6.12. The smallest absolute Gasteiger partial charge is 0.315 e. The number of aryl methyl sites for hydroxylation is 2. The summed E-state index contributed by atoms with van der Waals surface area (Å²) < 4.78 is 12.7. The standard InChI is InChI=1S/C16H23N5O3/c1-11-18-15(24-20-11)14(13-4-7-23-8-5-13)19-16(22)17-9-12-3-6-21(2)10-12/h3,6,10,13-14H,4-5,7-9H2,1-2H3,(H2,17,19,22)/t14-/m1/s1. The van der Waals surface area contributed by atoms with Gasteiger partial charge < -0.3 is 24.5 Å². The second-order valence-electron chi connectivity index (χ2n) is 6.12. The van der Waals surface area contributed by atoms with Crippen molar-refractivity contribution in [1.29, 1.82) is 0 Å². The van der Waals surface area contributed by atoms with Gasteiger partial charge >= 0.3 is 6.03 Å². The molecule has 0 radical (unpaired) electrons. The van der Waals surface area contributed by atoms with Gasteiger partial charge in [0.15, 0.2) is 5.82 Å². The van der Waals surface area contributed by atoms with Crippen LogP contribution in [-0.2, 0) is 18.3 Å². The van der Waals surface area contributed by atoms with Gasteiger partial charge in [0.1, 0.15) is 6.04 Å². The van der Waals surface area contributed by atoms with Gasteiger partial charge in [-0.3, -0.25) is 0 Å². The van der Waals surface area contributed by atoms with Crippen molar-refractivity contribution in [3.05, 3.63) is 35.7 Å². The number of nitrogens with zero attached hydrogens (tertiary/aromatic N) is 3. The molecule has 2 amide bonds. The zero-order chi connectivity index (χ0) is 16.9. The van der Waals surface area contributed by atoms with E-state index in [0.717, 1.165) is 18.4 Å². The van der Waals surface area contributed by atoms with Gasteiger partial charge in [-0.2, -0.15) is 4.98 Å². The van der Waals surface area contributed by atoms with Crippen LogP contribution in [0.1, 0.15) is 36.2 Å². The van der Waals surface area contributed by atoms with E-state index in [1.807, 2.05) is 30.1 Å². The third-order valence-corrected chi connectivity index (χ3v) is 4.18. The lowest BCUT2D eigenvalue weighted by Gasteiger charge is -2.28. The summed E-state index contributed by atoms with van der Waals surface area (Å²) in [5.41, 5.74) is 1.05. The van der Waals surface area contributed by atoms with Gasteiger partial charge in [0.2, 0.25) is 5.89 Å². The Morgan fingerprint density at radius 1 is 1.46 bits per heavy atom. The maximum Gasteiger partial charge on any atom is 0.315 e. The zero-order valence-electron chi connectivity index (χ0n) is 14.0. The van der Waals surface area contributed by atoms with E-state index in [2.05, 4.69) is 20.8 Å². The average molecular weight is 333 g/mol. The number of hydrogen-bond acceptors (Lipinski definition) is 5. The van der Waals surface area contributed by atoms with Gasteiger partial charge in [-0.15, -0.1) is 0 Å². The normalized spacial score (nSPS) is 16.8. The highest BCUT2D eigenvalue weighted by Gasteiger charge is 2.31. The fraction of sp³-hybridized carbons (Fsp3) is 0.562. The molecule has 0 unspecified atom stereocenters. The second kappa shape index (κ2) is 7.48. The first-order valence-electron chi connectivity index (χ1n) is 8.15. The van der Waals surface area contributed by atoms with Crippen LogP contribution in [0.2, 0.25) is 0 Å². The van der Waals surface area contributed by atoms with Gasteiger partial charge in [-0.1, -0.05) is 5.16 Å². The van der Waals surface area contributed by atoms with E-state index >= 15 is 0 Å². The SMILES string of the molecule is Cc1noc([C@H](NC(=O)NCc2ccn(C)c2)C2CCOCC2)n1. The first kappa shape index (κ1) is 16.5. The highest BCUT2D eigenvalue weighted by molar-refractivity contribution is 5.74. The van der Waals surface area contributed by atoms with Gasteiger partial charge in [-0.25, -0.2) is 4.79 Å². The molecule has 2 N–H and O–H groups in total. The highest BCUT2D eigenvalue weighted by Crippen LogP contribution is 2.29. The van der Waals surface area contributed by atoms with Crippen LogP contribution in [-0.4, -0.2) is 34.0 Å². The molecule has 1 atom stereocenters. The molecule has 8 nitrogen and oxygen atoms in total. The first-order valence-corrected chi connectivity index (χ1v) is 8.15. The molecular weight excluding hydrogens is 310 g/mol. The van der Waals surface area contributed by atoms with Crippen molar-refractivity contribution >= 4 is 6.03 Å². The molecule has 24 heavy (non-hydrogen) atoms. The first-order chi connectivity index (χ1) is 11.6. The van der Waals surface area contributed by atoms with Crippen molar-refractivity contribution in [3.63, 3.8) is 0 Å². The number of urea groups is 1. The van der Waals surface area contributed by atoms with Gasteiger partial charge in [-0.05, 0) is 37.3 Å². The molecule has 0 bridgehead atoms. The van der Waals surface area contributed by atoms with Crippen LogP contribution >= 0.6 is 0 Å². The van der Waals surface area contributed by atoms with Crippen molar-refractivity contribution in [2.45, 2.75) is 32.4 Å². The summed E-state index contributed by atoms with van der Waals surface area (Å²) in [5.74, 6) is 1.24. The zero-order valence-corrected chi connectivity index (χ0v) is 14.0. The maximum atomic E-state index is 12.3. The summed E-state index contributed by atoms with van der Waals surface area (Å²) in [7, 11) is 1.95. The number of hydrogen-bond donors (Lipinski definition) is 2. The number of rotatable bonds is 5. The number of aromatic nitrogens is 3. The van der Waals surface area contributed by atoms with E-state index in [0.29, 0.717) is 31.5 Å². The summed E-state index contributed by atoms with van der Waals surface area (Å²) in [5, 5.41) is 9.70. The third kappa shape index (κ3) is 4.14. The lowest BCUT2D eigenvalue weighted by molar-refractivity contribution is 0.0503. The molecule has 0 aliphatic carbocycles. The molecule has 2 aromatic heterocycles. The summed E-state index contributed by atoms with van der Waals surface area (Å²) in [4.78, 5) is 16.6. The largest absolute Gasteiger partial charge is 0.381 e. The molecule has 2 aromatic rings. The lowest BCUT2D eigenvalue weighted by atomic mass is 9.91. The number of carbonyl (C=O) groups excluding carboxylic acids is 1. The minimum atomic E-state index is -0.300. The lowest BCUT2D eigenvalue weighted by Crippen LogP contribution is -2.41. The number of amides is 2. The fourth-order valence-electron chi connectivity index (χ4n) is 2.91. The molecule has 0 spiro atoms. The van der Waals surface area contributed by atoms with E-state index < -0.39 is 0 Å². The van der Waals surface area contributed by atoms with Crippen LogP contribution in [0.5, 0.6) is 0 Å². The van der Waals surface area contributed by atoms with Crippen LogP contribution in [0.25, 0.3) is 0 Å². The van der Waals surface area contributed by atoms with Crippen molar-refractivity contribution in [3.8, 4) is 0 Å². The quantitative estimate of drug-likeness (QED) is 0.868. The Labute approximate surface area is 140 Å². The third-order valence-electron chi connectivity index (χ3n) is 4.18. The monoisotopic (exact) mass is 333 g/mol. The molecular formula is C16H23N5O3. The van der Waals surface area contributed by atoms with Gasteiger partial charge in [0, 0.05) is 39.2 Å². The summed E-state index contributed by atoms with van der Waals surface area (Å²) in [6, 6.07) is 1.43. The Morgan fingerprint density at radius 3 is 2.88 bits per heavy atom. The molecule has 8 heteroatoms. The molecule has 0 saturated carbocycles. The fourth-order valence-corrected chi connectivity index (χ4v) is 2.91. The van der Waals surface area contributed by atoms with Crippen molar-refractivity contribution < 1.29 is 14.1 Å².